The van der Waals surface area contributed by atoms with Crippen LogP contribution in [0.25, 0.3) is 0 Å². The standard InChI is InChI=1S/C18H25N5O2S/c1-10-2-14(19)21-17(20-10)26-9-15(24)22-16(25)23-18-6-11-3-12(7-18)5-13(4-11)8-18/h2,11-13H,3-9H2,1H3,(H2,19,20,21)(H2,22,23,24,25). The molecule has 4 fully saturated rings. The molecule has 4 aliphatic carbocycles. The summed E-state index contributed by atoms with van der Waals surface area (Å²) in [6.07, 6.45) is 7.14. The van der Waals surface area contributed by atoms with Crippen molar-refractivity contribution in [3.63, 3.8) is 0 Å². The molecule has 4 bridgehead atoms. The fraction of sp³-hybridized carbons (Fsp3) is 0.667. The number of urea groups is 1. The molecule has 1 aromatic heterocycles. The van der Waals surface area contributed by atoms with Crippen LogP contribution < -0.4 is 16.4 Å². The van der Waals surface area contributed by atoms with E-state index in [1.54, 1.807) is 6.07 Å². The molecule has 8 heteroatoms. The normalized spacial score (nSPS) is 31.7. The molecule has 0 atom stereocenters. The number of anilines is 1. The Hall–Kier alpha value is -1.83. The Morgan fingerprint density at radius 2 is 1.81 bits per heavy atom. The molecule has 140 valence electrons. The monoisotopic (exact) mass is 375 g/mol. The maximum Gasteiger partial charge on any atom is 0.321 e. The van der Waals surface area contributed by atoms with Crippen LogP contribution in [-0.4, -0.2) is 33.2 Å². The molecule has 0 aromatic carbocycles. The van der Waals surface area contributed by atoms with Crippen LogP contribution in [0.1, 0.15) is 44.2 Å². The number of nitrogen functional groups attached to an aromatic ring is 1. The van der Waals surface area contributed by atoms with Gasteiger partial charge in [0.1, 0.15) is 5.82 Å². The van der Waals surface area contributed by atoms with Crippen LogP contribution in [0.5, 0.6) is 0 Å². The van der Waals surface area contributed by atoms with E-state index in [9.17, 15) is 9.59 Å². The molecule has 3 amide bonds. The number of nitrogens with zero attached hydrogens (tertiary/aromatic N) is 2. The van der Waals surface area contributed by atoms with Crippen molar-refractivity contribution in [1.29, 1.82) is 0 Å². The lowest BCUT2D eigenvalue weighted by atomic mass is 9.53. The quantitative estimate of drug-likeness (QED) is 0.550. The van der Waals surface area contributed by atoms with Crippen LogP contribution in [0.2, 0.25) is 0 Å². The van der Waals surface area contributed by atoms with E-state index < -0.39 is 0 Å². The molecule has 4 aliphatic rings. The first-order chi connectivity index (χ1) is 12.4. The number of imide groups is 1. The molecular weight excluding hydrogens is 350 g/mol. The Balaban J connectivity index is 1.29. The highest BCUT2D eigenvalue weighted by Gasteiger charge is 2.51. The summed E-state index contributed by atoms with van der Waals surface area (Å²) >= 11 is 1.17. The summed E-state index contributed by atoms with van der Waals surface area (Å²) in [7, 11) is 0. The number of rotatable bonds is 4. The minimum atomic E-state index is -0.373. The van der Waals surface area contributed by atoms with Crippen LogP contribution >= 0.6 is 11.8 Å². The summed E-state index contributed by atoms with van der Waals surface area (Å²) in [6.45, 7) is 1.82. The smallest absolute Gasteiger partial charge is 0.321 e. The van der Waals surface area contributed by atoms with Crippen molar-refractivity contribution in [2.75, 3.05) is 11.5 Å². The molecule has 0 radical (unpaired) electrons. The van der Waals surface area contributed by atoms with Crippen molar-refractivity contribution in [3.8, 4) is 0 Å². The van der Waals surface area contributed by atoms with E-state index in [0.717, 1.165) is 42.7 Å². The molecule has 0 unspecified atom stereocenters. The van der Waals surface area contributed by atoms with Crippen molar-refractivity contribution < 1.29 is 9.59 Å². The van der Waals surface area contributed by atoms with Crippen molar-refractivity contribution >= 4 is 29.5 Å². The lowest BCUT2D eigenvalue weighted by molar-refractivity contribution is -0.117. The van der Waals surface area contributed by atoms with Gasteiger partial charge < -0.3 is 11.1 Å². The second-order valence-electron chi connectivity index (χ2n) is 8.21. The van der Waals surface area contributed by atoms with Crippen LogP contribution in [0.15, 0.2) is 11.2 Å². The summed E-state index contributed by atoms with van der Waals surface area (Å²) in [5.74, 6) is 2.35. The largest absolute Gasteiger partial charge is 0.384 e. The Labute approximate surface area is 157 Å². The minimum absolute atomic E-state index is 0.0805. The molecular formula is C18H25N5O2S. The summed E-state index contributed by atoms with van der Waals surface area (Å²) in [6, 6.07) is 1.30. The van der Waals surface area contributed by atoms with E-state index in [4.69, 9.17) is 5.73 Å². The van der Waals surface area contributed by atoms with Gasteiger partial charge >= 0.3 is 6.03 Å². The summed E-state index contributed by atoms with van der Waals surface area (Å²) < 4.78 is 0. The number of amides is 3. The SMILES string of the molecule is Cc1cc(N)nc(SCC(=O)NC(=O)NC23CC4CC(CC(C4)C2)C3)n1. The molecule has 7 nitrogen and oxygen atoms in total. The predicted octanol–water partition coefficient (Wildman–Crippen LogP) is 2.25. The van der Waals surface area contributed by atoms with Gasteiger partial charge in [0.05, 0.1) is 5.75 Å². The average Bonchev–Trinajstić information content (AvgIpc) is 2.50. The van der Waals surface area contributed by atoms with Crippen LogP contribution in [0.4, 0.5) is 10.6 Å². The molecule has 5 rings (SSSR count). The fourth-order valence-corrected chi connectivity index (χ4v) is 6.17. The Kier molecular flexibility index (Phi) is 4.54. The molecule has 0 saturated heterocycles. The van der Waals surface area contributed by atoms with Crippen molar-refractivity contribution in [3.05, 3.63) is 11.8 Å². The number of nitrogens with two attached hydrogens (primary N) is 1. The van der Waals surface area contributed by atoms with Crippen LogP contribution in [0, 0.1) is 24.7 Å². The van der Waals surface area contributed by atoms with E-state index in [1.165, 1.54) is 31.0 Å². The molecule has 4 saturated carbocycles. The van der Waals surface area contributed by atoms with Crippen molar-refractivity contribution in [1.82, 2.24) is 20.6 Å². The number of hydrogen-bond donors (Lipinski definition) is 3. The number of aromatic nitrogens is 2. The van der Waals surface area contributed by atoms with Crippen LogP contribution in [0.3, 0.4) is 0 Å². The first-order valence-electron chi connectivity index (χ1n) is 9.25. The first kappa shape index (κ1) is 17.6. The van der Waals surface area contributed by atoms with Crippen LogP contribution in [-0.2, 0) is 4.79 Å². The number of carbonyl (C=O) groups is 2. The third-order valence-electron chi connectivity index (χ3n) is 5.86. The maximum absolute atomic E-state index is 12.4. The average molecular weight is 375 g/mol. The van der Waals surface area contributed by atoms with Gasteiger partial charge in [0, 0.05) is 17.3 Å². The number of thioether (sulfide) groups is 1. The van der Waals surface area contributed by atoms with E-state index in [2.05, 4.69) is 20.6 Å². The van der Waals surface area contributed by atoms with Gasteiger partial charge in [-0.05, 0) is 63.2 Å². The van der Waals surface area contributed by atoms with E-state index in [1.807, 2.05) is 6.92 Å². The highest BCUT2D eigenvalue weighted by Crippen LogP contribution is 2.55. The summed E-state index contributed by atoms with van der Waals surface area (Å²) in [4.78, 5) is 32.8. The Morgan fingerprint density at radius 3 is 2.38 bits per heavy atom. The topological polar surface area (TPSA) is 110 Å². The number of nitrogens with one attached hydrogen (secondary N) is 2. The zero-order valence-corrected chi connectivity index (χ0v) is 15.8. The second kappa shape index (κ2) is 6.72. The highest BCUT2D eigenvalue weighted by atomic mass is 32.2. The van der Waals surface area contributed by atoms with Crippen molar-refractivity contribution in [2.24, 2.45) is 17.8 Å². The fourth-order valence-electron chi connectivity index (χ4n) is 5.46. The third-order valence-corrected chi connectivity index (χ3v) is 6.70. The lowest BCUT2D eigenvalue weighted by Gasteiger charge is -2.56. The van der Waals surface area contributed by atoms with E-state index in [-0.39, 0.29) is 23.2 Å². The second-order valence-corrected chi connectivity index (χ2v) is 9.15. The van der Waals surface area contributed by atoms with Gasteiger partial charge in [0.15, 0.2) is 5.16 Å². The molecule has 1 heterocycles. The molecule has 0 aliphatic heterocycles. The molecule has 26 heavy (non-hydrogen) atoms. The number of aryl methyl sites for hydroxylation is 1. The van der Waals surface area contributed by atoms with Gasteiger partial charge in [-0.25, -0.2) is 14.8 Å². The third kappa shape index (κ3) is 3.79. The zero-order chi connectivity index (χ0) is 18.3. The maximum atomic E-state index is 12.4. The zero-order valence-electron chi connectivity index (χ0n) is 15.0. The predicted molar refractivity (Wildman–Crippen MR) is 99.5 cm³/mol. The lowest BCUT2D eigenvalue weighted by Crippen LogP contribution is -2.61. The van der Waals surface area contributed by atoms with Gasteiger partial charge in [0.2, 0.25) is 5.91 Å². The van der Waals surface area contributed by atoms with Gasteiger partial charge in [-0.2, -0.15) is 0 Å². The molecule has 4 N–H and O–H groups in total. The number of hydrogen-bond acceptors (Lipinski definition) is 6. The van der Waals surface area contributed by atoms with Gasteiger partial charge in [0.25, 0.3) is 0 Å². The minimum Gasteiger partial charge on any atom is -0.384 e. The molecule has 0 spiro atoms. The highest BCUT2D eigenvalue weighted by molar-refractivity contribution is 7.99. The Bertz CT molecular complexity index is 683. The summed E-state index contributed by atoms with van der Waals surface area (Å²) in [5, 5.41) is 6.04. The first-order valence-corrected chi connectivity index (χ1v) is 10.2. The van der Waals surface area contributed by atoms with Gasteiger partial charge in [-0.1, -0.05) is 11.8 Å². The summed E-state index contributed by atoms with van der Waals surface area (Å²) in [5.41, 5.74) is 6.34. The number of carbonyl (C=O) groups excluding carboxylic acids is 2. The molecule has 1 aromatic rings. The Morgan fingerprint density at radius 1 is 1.19 bits per heavy atom. The van der Waals surface area contributed by atoms with E-state index in [0.29, 0.717) is 11.0 Å². The van der Waals surface area contributed by atoms with E-state index >= 15 is 0 Å². The van der Waals surface area contributed by atoms with Gasteiger partial charge in [-0.3, -0.25) is 10.1 Å². The van der Waals surface area contributed by atoms with Crippen molar-refractivity contribution in [2.45, 2.75) is 56.1 Å². The van der Waals surface area contributed by atoms with Gasteiger partial charge in [-0.15, -0.1) is 0 Å².